The molecule has 0 radical (unpaired) electrons. The fourth-order valence-corrected chi connectivity index (χ4v) is 4.57. The number of nitrogens with one attached hydrogen (secondary N) is 2. The van der Waals surface area contributed by atoms with Crippen LogP contribution in [0.5, 0.6) is 5.75 Å². The molecule has 0 saturated carbocycles. The molecule has 170 valence electrons. The van der Waals surface area contributed by atoms with Gasteiger partial charge in [0.1, 0.15) is 5.75 Å². The van der Waals surface area contributed by atoms with Gasteiger partial charge in [0.15, 0.2) is 6.61 Å². The van der Waals surface area contributed by atoms with Gasteiger partial charge < -0.3 is 20.3 Å². The summed E-state index contributed by atoms with van der Waals surface area (Å²) < 4.78 is 5.37. The van der Waals surface area contributed by atoms with Gasteiger partial charge in [0.25, 0.3) is 11.8 Å². The Morgan fingerprint density at radius 3 is 2.67 bits per heavy atom. The number of nitrogens with zero attached hydrogens (tertiary/aromatic N) is 1. The number of carbonyl (C=O) groups is 3. The van der Waals surface area contributed by atoms with Gasteiger partial charge in [0.05, 0.1) is 6.54 Å². The first-order chi connectivity index (χ1) is 16.0. The molecule has 2 N–H and O–H groups in total. The van der Waals surface area contributed by atoms with E-state index in [1.807, 2.05) is 30.0 Å². The van der Waals surface area contributed by atoms with Crippen LogP contribution < -0.4 is 15.4 Å². The molecule has 1 aromatic heterocycles. The number of anilines is 1. The quantitative estimate of drug-likeness (QED) is 0.562. The van der Waals surface area contributed by atoms with Gasteiger partial charge in [-0.25, -0.2) is 0 Å². The second-order valence-corrected chi connectivity index (χ2v) is 8.75. The van der Waals surface area contributed by atoms with Crippen LogP contribution in [0.2, 0.25) is 0 Å². The second-order valence-electron chi connectivity index (χ2n) is 7.75. The summed E-state index contributed by atoms with van der Waals surface area (Å²) >= 11 is 1.73. The zero-order chi connectivity index (χ0) is 23.2. The molecular weight excluding hydrogens is 438 g/mol. The Labute approximate surface area is 196 Å². The lowest BCUT2D eigenvalue weighted by Gasteiger charge is -2.28. The number of fused-ring (bicyclic) bond motifs is 1. The van der Waals surface area contributed by atoms with E-state index in [1.165, 1.54) is 10.4 Å². The molecule has 0 aliphatic carbocycles. The van der Waals surface area contributed by atoms with Crippen LogP contribution in [-0.4, -0.2) is 42.3 Å². The molecule has 1 aliphatic rings. The third kappa shape index (κ3) is 5.59. The van der Waals surface area contributed by atoms with Gasteiger partial charge in [-0.2, -0.15) is 0 Å². The first kappa shape index (κ1) is 22.5. The minimum atomic E-state index is -0.396. The van der Waals surface area contributed by atoms with Crippen molar-refractivity contribution in [3.8, 4) is 5.75 Å². The minimum Gasteiger partial charge on any atom is -0.484 e. The Morgan fingerprint density at radius 1 is 1.03 bits per heavy atom. The van der Waals surface area contributed by atoms with Crippen molar-refractivity contribution < 1.29 is 19.1 Å². The normalized spacial score (nSPS) is 12.6. The van der Waals surface area contributed by atoms with Crippen LogP contribution in [0.4, 0.5) is 5.69 Å². The van der Waals surface area contributed by atoms with Gasteiger partial charge in [0, 0.05) is 29.2 Å². The highest BCUT2D eigenvalue weighted by molar-refractivity contribution is 7.10. The summed E-state index contributed by atoms with van der Waals surface area (Å²) in [6.07, 6.45) is 0.863. The molecule has 2 heterocycles. The number of para-hydroxylation sites is 1. The van der Waals surface area contributed by atoms with Crippen molar-refractivity contribution in [3.05, 3.63) is 81.5 Å². The van der Waals surface area contributed by atoms with Crippen molar-refractivity contribution in [1.29, 1.82) is 0 Å². The highest BCUT2D eigenvalue weighted by atomic mass is 32.1. The molecular formula is C25H25N3O4S. The van der Waals surface area contributed by atoms with Crippen LogP contribution in [0, 0.1) is 6.92 Å². The Kier molecular flexibility index (Phi) is 7.04. The van der Waals surface area contributed by atoms with Crippen LogP contribution in [0.3, 0.4) is 0 Å². The summed E-state index contributed by atoms with van der Waals surface area (Å²) in [4.78, 5) is 40.7. The number of benzene rings is 2. The van der Waals surface area contributed by atoms with Crippen molar-refractivity contribution in [2.75, 3.05) is 25.0 Å². The largest absolute Gasteiger partial charge is 0.484 e. The Hall–Kier alpha value is -3.65. The van der Waals surface area contributed by atoms with Crippen molar-refractivity contribution in [2.45, 2.75) is 19.9 Å². The minimum absolute atomic E-state index is 0.0492. The van der Waals surface area contributed by atoms with Crippen LogP contribution in [0.1, 0.15) is 26.4 Å². The summed E-state index contributed by atoms with van der Waals surface area (Å²) in [5.41, 5.74) is 3.01. The Balaban J connectivity index is 1.31. The summed E-state index contributed by atoms with van der Waals surface area (Å²) in [5.74, 6) is -0.242. The van der Waals surface area contributed by atoms with E-state index in [-0.39, 0.29) is 25.0 Å². The van der Waals surface area contributed by atoms with Crippen molar-refractivity contribution in [2.24, 2.45) is 0 Å². The average Bonchev–Trinajstić information content (AvgIpc) is 3.31. The summed E-state index contributed by atoms with van der Waals surface area (Å²) in [6.45, 7) is 2.73. The highest BCUT2D eigenvalue weighted by Gasteiger charge is 2.24. The molecule has 0 saturated heterocycles. The van der Waals surface area contributed by atoms with E-state index in [9.17, 15) is 14.4 Å². The molecule has 7 nitrogen and oxygen atoms in total. The molecule has 0 unspecified atom stereocenters. The van der Waals surface area contributed by atoms with Gasteiger partial charge in [-0.15, -0.1) is 11.3 Å². The lowest BCUT2D eigenvalue weighted by molar-refractivity contribution is -0.125. The van der Waals surface area contributed by atoms with Gasteiger partial charge in [-0.1, -0.05) is 24.3 Å². The molecule has 1 aliphatic heterocycles. The maximum atomic E-state index is 13.1. The molecule has 0 spiro atoms. The van der Waals surface area contributed by atoms with Crippen molar-refractivity contribution in [1.82, 2.24) is 10.2 Å². The van der Waals surface area contributed by atoms with E-state index < -0.39 is 5.91 Å². The summed E-state index contributed by atoms with van der Waals surface area (Å²) in [6, 6.07) is 16.3. The van der Waals surface area contributed by atoms with E-state index in [1.54, 1.807) is 41.7 Å². The fourth-order valence-electron chi connectivity index (χ4n) is 3.68. The Morgan fingerprint density at radius 2 is 1.85 bits per heavy atom. The van der Waals surface area contributed by atoms with E-state index in [2.05, 4.69) is 22.1 Å². The smallest absolute Gasteiger partial charge is 0.258 e. The van der Waals surface area contributed by atoms with Crippen molar-refractivity contribution >= 4 is 34.7 Å². The zero-order valence-corrected chi connectivity index (χ0v) is 19.1. The van der Waals surface area contributed by atoms with E-state index >= 15 is 0 Å². The first-order valence-electron chi connectivity index (χ1n) is 10.7. The Bertz CT molecular complexity index is 1160. The van der Waals surface area contributed by atoms with Crippen LogP contribution in [0.25, 0.3) is 0 Å². The standard InChI is InChI=1S/C25H25N3O4S/c1-17-20(25(31)28-12-10-22-18(15-28)11-13-33-22)8-5-9-21(17)27-23(29)14-26-24(30)16-32-19-6-3-2-4-7-19/h2-9,11,13H,10,12,14-16H2,1H3,(H,26,30)(H,27,29). The number of ether oxygens (including phenoxy) is 1. The van der Waals surface area contributed by atoms with Crippen LogP contribution >= 0.6 is 11.3 Å². The molecule has 4 rings (SSSR count). The van der Waals surface area contributed by atoms with Gasteiger partial charge in [-0.3, -0.25) is 14.4 Å². The molecule has 3 amide bonds. The second kappa shape index (κ2) is 10.3. The average molecular weight is 464 g/mol. The molecule has 0 atom stereocenters. The number of hydrogen-bond acceptors (Lipinski definition) is 5. The van der Waals surface area contributed by atoms with Gasteiger partial charge >= 0.3 is 0 Å². The lowest BCUT2D eigenvalue weighted by atomic mass is 10.0. The third-order valence-corrected chi connectivity index (χ3v) is 6.52. The summed E-state index contributed by atoms with van der Waals surface area (Å²) in [7, 11) is 0. The zero-order valence-electron chi connectivity index (χ0n) is 18.3. The van der Waals surface area contributed by atoms with E-state index in [0.717, 1.165) is 6.42 Å². The van der Waals surface area contributed by atoms with Crippen LogP contribution in [0.15, 0.2) is 60.0 Å². The maximum absolute atomic E-state index is 13.1. The monoisotopic (exact) mass is 463 g/mol. The number of rotatable bonds is 7. The van der Waals surface area contributed by atoms with E-state index in [0.29, 0.717) is 35.7 Å². The molecule has 33 heavy (non-hydrogen) atoms. The predicted octanol–water partition coefficient (Wildman–Crippen LogP) is 3.39. The van der Waals surface area contributed by atoms with Gasteiger partial charge in [0.2, 0.25) is 5.91 Å². The fraction of sp³-hybridized carbons (Fsp3) is 0.240. The number of carbonyl (C=O) groups excluding carboxylic acids is 3. The maximum Gasteiger partial charge on any atom is 0.258 e. The molecule has 8 heteroatoms. The molecule has 0 fully saturated rings. The topological polar surface area (TPSA) is 87.7 Å². The van der Waals surface area contributed by atoms with Crippen molar-refractivity contribution in [3.63, 3.8) is 0 Å². The highest BCUT2D eigenvalue weighted by Crippen LogP contribution is 2.27. The first-order valence-corrected chi connectivity index (χ1v) is 11.6. The predicted molar refractivity (Wildman–Crippen MR) is 128 cm³/mol. The molecule has 3 aromatic rings. The third-order valence-electron chi connectivity index (χ3n) is 5.49. The lowest BCUT2D eigenvalue weighted by Crippen LogP contribution is -2.36. The van der Waals surface area contributed by atoms with Gasteiger partial charge in [-0.05, 0) is 60.2 Å². The SMILES string of the molecule is Cc1c(NC(=O)CNC(=O)COc2ccccc2)cccc1C(=O)N1CCc2sccc2C1. The van der Waals surface area contributed by atoms with Crippen LogP contribution in [-0.2, 0) is 22.6 Å². The van der Waals surface area contributed by atoms with E-state index in [4.69, 9.17) is 4.74 Å². The molecule has 2 aromatic carbocycles. The molecule has 0 bridgehead atoms. The number of hydrogen-bond donors (Lipinski definition) is 2. The number of thiophene rings is 1. The summed E-state index contributed by atoms with van der Waals surface area (Å²) in [5, 5.41) is 7.39. The number of amides is 3.